The van der Waals surface area contributed by atoms with E-state index in [1.54, 1.807) is 0 Å². The first-order valence-corrected chi connectivity index (χ1v) is 16.0. The molecule has 0 amide bonds. The average molecular weight is 640 g/mol. The van der Waals surface area contributed by atoms with E-state index in [0.717, 1.165) is 10.2 Å². The van der Waals surface area contributed by atoms with Gasteiger partial charge in [0.25, 0.3) is 0 Å². The van der Waals surface area contributed by atoms with E-state index in [4.69, 9.17) is 0 Å². The van der Waals surface area contributed by atoms with Gasteiger partial charge in [-0.3, -0.25) is 0 Å². The maximum atomic E-state index is 4.00. The third-order valence-electron chi connectivity index (χ3n) is 8.98. The summed E-state index contributed by atoms with van der Waals surface area (Å²) in [7, 11) is 0. The van der Waals surface area contributed by atoms with Crippen LogP contribution in [0.5, 0.6) is 0 Å². The van der Waals surface area contributed by atoms with Crippen molar-refractivity contribution in [3.8, 4) is 33.6 Å². The summed E-state index contributed by atoms with van der Waals surface area (Å²) in [4.78, 5) is 0. The molecule has 3 heteroatoms. The van der Waals surface area contributed by atoms with Crippen molar-refractivity contribution in [2.24, 2.45) is 0 Å². The number of para-hydroxylation sites is 3. The van der Waals surface area contributed by atoms with Crippen LogP contribution in [0.2, 0.25) is 0 Å². The fourth-order valence-electron chi connectivity index (χ4n) is 6.93. The number of nitrogens with zero attached hydrogens (tertiary/aromatic N) is 2. The molecule has 2 heterocycles. The molecule has 0 fully saturated rings. The van der Waals surface area contributed by atoms with Crippen LogP contribution >= 0.6 is 15.9 Å². The smallest absolute Gasteiger partial charge is 0.0558 e. The molecule has 0 saturated carbocycles. The molecule has 0 bridgehead atoms. The van der Waals surface area contributed by atoms with Crippen molar-refractivity contribution in [2.45, 2.75) is 0 Å². The zero-order valence-corrected chi connectivity index (χ0v) is 25.9. The Hall–Kier alpha value is -5.38. The summed E-state index contributed by atoms with van der Waals surface area (Å²) < 4.78 is 5.86. The summed E-state index contributed by atoms with van der Waals surface area (Å²) in [6.45, 7) is 0. The highest BCUT2D eigenvalue weighted by Gasteiger charge is 2.18. The van der Waals surface area contributed by atoms with Gasteiger partial charge in [0.05, 0.1) is 22.1 Å². The van der Waals surface area contributed by atoms with Crippen LogP contribution in [0.25, 0.3) is 77.2 Å². The molecule has 9 rings (SSSR count). The molecule has 0 radical (unpaired) electrons. The maximum absolute atomic E-state index is 4.00. The lowest BCUT2D eigenvalue weighted by molar-refractivity contribution is 1.18. The second kappa shape index (κ2) is 10.4. The first-order chi connectivity index (χ1) is 22.2. The van der Waals surface area contributed by atoms with Gasteiger partial charge in [0, 0.05) is 37.4 Å². The van der Waals surface area contributed by atoms with Crippen molar-refractivity contribution in [3.05, 3.63) is 168 Å². The Balaban J connectivity index is 1.25. The van der Waals surface area contributed by atoms with Gasteiger partial charge in [0.15, 0.2) is 0 Å². The van der Waals surface area contributed by atoms with Crippen molar-refractivity contribution in [3.63, 3.8) is 0 Å². The average Bonchev–Trinajstić information content (AvgIpc) is 3.62. The fraction of sp³-hybridized carbons (Fsp3) is 0. The summed E-state index contributed by atoms with van der Waals surface area (Å²) in [5.74, 6) is 0. The molecule has 9 aromatic rings. The minimum Gasteiger partial charge on any atom is -0.309 e. The van der Waals surface area contributed by atoms with Crippen molar-refractivity contribution >= 4 is 59.5 Å². The molecular formula is C42H27BrN2. The lowest BCUT2D eigenvalue weighted by Crippen LogP contribution is -1.94. The maximum Gasteiger partial charge on any atom is 0.0558 e. The third-order valence-corrected chi connectivity index (χ3v) is 9.60. The van der Waals surface area contributed by atoms with Crippen molar-refractivity contribution in [2.75, 3.05) is 0 Å². The van der Waals surface area contributed by atoms with E-state index in [2.05, 4.69) is 189 Å². The van der Waals surface area contributed by atoms with Crippen molar-refractivity contribution in [1.29, 1.82) is 0 Å². The van der Waals surface area contributed by atoms with Crippen LogP contribution < -0.4 is 0 Å². The Morgan fingerprint density at radius 3 is 1.62 bits per heavy atom. The number of rotatable bonds is 4. The topological polar surface area (TPSA) is 9.86 Å². The monoisotopic (exact) mass is 638 g/mol. The van der Waals surface area contributed by atoms with Crippen LogP contribution in [0.4, 0.5) is 0 Å². The van der Waals surface area contributed by atoms with Gasteiger partial charge in [-0.2, -0.15) is 0 Å². The van der Waals surface area contributed by atoms with Crippen molar-refractivity contribution in [1.82, 2.24) is 9.13 Å². The lowest BCUT2D eigenvalue weighted by Gasteiger charge is -2.11. The molecule has 2 nitrogen and oxygen atoms in total. The number of benzene rings is 7. The van der Waals surface area contributed by atoms with E-state index in [-0.39, 0.29) is 0 Å². The van der Waals surface area contributed by atoms with Gasteiger partial charge in [0.2, 0.25) is 0 Å². The van der Waals surface area contributed by atoms with Crippen LogP contribution in [-0.2, 0) is 0 Å². The Kier molecular flexibility index (Phi) is 6.00. The summed E-state index contributed by atoms with van der Waals surface area (Å²) in [5.41, 5.74) is 11.9. The molecule has 7 aromatic carbocycles. The van der Waals surface area contributed by atoms with Gasteiger partial charge in [-0.25, -0.2) is 0 Å². The molecule has 212 valence electrons. The van der Waals surface area contributed by atoms with E-state index in [0.29, 0.717) is 0 Å². The van der Waals surface area contributed by atoms with E-state index in [1.165, 1.54) is 71.6 Å². The molecule has 0 atom stereocenters. The predicted molar refractivity (Wildman–Crippen MR) is 194 cm³/mol. The number of hydrogen-bond donors (Lipinski definition) is 0. The van der Waals surface area contributed by atoms with E-state index < -0.39 is 0 Å². The second-order valence-electron chi connectivity index (χ2n) is 11.5. The van der Waals surface area contributed by atoms with Crippen LogP contribution in [0, 0.1) is 0 Å². The van der Waals surface area contributed by atoms with Gasteiger partial charge in [0.1, 0.15) is 0 Å². The Bertz CT molecular complexity index is 2520. The Labute approximate surface area is 269 Å². The van der Waals surface area contributed by atoms with E-state index >= 15 is 0 Å². The SMILES string of the molecule is Brc1cc(-c2ccc3c(c2)c2ccccc2n3-c2ccccc2)cc2c1c1ccccc1n2-c1ccc(-c2ccccc2)cc1. The second-order valence-corrected chi connectivity index (χ2v) is 12.4. The zero-order valence-electron chi connectivity index (χ0n) is 24.4. The number of hydrogen-bond acceptors (Lipinski definition) is 0. The van der Waals surface area contributed by atoms with E-state index in [1.807, 2.05) is 0 Å². The summed E-state index contributed by atoms with van der Waals surface area (Å²) in [6, 6.07) is 59.0. The highest BCUT2D eigenvalue weighted by Crippen LogP contribution is 2.41. The summed E-state index contributed by atoms with van der Waals surface area (Å²) in [5, 5.41) is 4.97. The minimum absolute atomic E-state index is 1.10. The highest BCUT2D eigenvalue weighted by molar-refractivity contribution is 9.10. The van der Waals surface area contributed by atoms with Gasteiger partial charge >= 0.3 is 0 Å². The Morgan fingerprint density at radius 2 is 0.867 bits per heavy atom. The molecular weight excluding hydrogens is 612 g/mol. The van der Waals surface area contributed by atoms with Gasteiger partial charge in [-0.1, -0.05) is 119 Å². The fourth-order valence-corrected chi connectivity index (χ4v) is 7.59. The largest absolute Gasteiger partial charge is 0.309 e. The number of fused-ring (bicyclic) bond motifs is 6. The summed E-state index contributed by atoms with van der Waals surface area (Å²) >= 11 is 4.00. The van der Waals surface area contributed by atoms with Gasteiger partial charge in [-0.05, 0) is 82.9 Å². The molecule has 0 aliphatic carbocycles. The predicted octanol–water partition coefficient (Wildman–Crippen LogP) is 12.0. The minimum atomic E-state index is 1.10. The van der Waals surface area contributed by atoms with Gasteiger partial charge in [-0.15, -0.1) is 0 Å². The first-order valence-electron chi connectivity index (χ1n) is 15.2. The number of aromatic nitrogens is 2. The molecule has 0 N–H and O–H groups in total. The lowest BCUT2D eigenvalue weighted by atomic mass is 10.0. The quantitative estimate of drug-likeness (QED) is 0.181. The standard InChI is InChI=1S/C42H27BrN2/c43-37-26-31(30-21-24-40-36(25-30)34-15-7-9-17-38(34)44(40)32-13-5-2-6-14-32)27-41-42(37)35-16-8-10-18-39(35)45(41)33-22-19-29(20-23-33)28-11-3-1-4-12-28/h1-27H. The van der Waals surface area contributed by atoms with Crippen LogP contribution in [0.3, 0.4) is 0 Å². The molecule has 0 aliphatic rings. The van der Waals surface area contributed by atoms with Crippen LogP contribution in [0.1, 0.15) is 0 Å². The third kappa shape index (κ3) is 4.16. The molecule has 0 unspecified atom stereocenters. The zero-order chi connectivity index (χ0) is 29.9. The summed E-state index contributed by atoms with van der Waals surface area (Å²) in [6.07, 6.45) is 0. The van der Waals surface area contributed by atoms with Crippen molar-refractivity contribution < 1.29 is 0 Å². The molecule has 2 aromatic heterocycles. The highest BCUT2D eigenvalue weighted by atomic mass is 79.9. The normalized spacial score (nSPS) is 11.7. The first kappa shape index (κ1) is 26.1. The van der Waals surface area contributed by atoms with Crippen LogP contribution in [-0.4, -0.2) is 9.13 Å². The molecule has 0 aliphatic heterocycles. The molecule has 0 saturated heterocycles. The van der Waals surface area contributed by atoms with Gasteiger partial charge < -0.3 is 9.13 Å². The molecule has 45 heavy (non-hydrogen) atoms. The van der Waals surface area contributed by atoms with Crippen LogP contribution in [0.15, 0.2) is 168 Å². The molecule has 0 spiro atoms. The van der Waals surface area contributed by atoms with E-state index in [9.17, 15) is 0 Å². The number of halogens is 1. The Morgan fingerprint density at radius 1 is 0.333 bits per heavy atom.